The molecule has 0 N–H and O–H groups in total. The minimum absolute atomic E-state index is 0.835. The van der Waals surface area contributed by atoms with Crippen LogP contribution in [-0.2, 0) is 6.54 Å². The van der Waals surface area contributed by atoms with Gasteiger partial charge in [0, 0.05) is 38.8 Å². The third-order valence-electron chi connectivity index (χ3n) is 6.20. The standard InChI is InChI=1S/C20H28N2/c1-16-18-7-8-19(16)14-20(13-18)22-11-9-21(10-12-22)15-17-5-3-2-4-6-17/h2-6,18-20H,1,7-15H2. The highest BCUT2D eigenvalue weighted by Gasteiger charge is 2.39. The maximum Gasteiger partial charge on any atom is 0.0234 e. The van der Waals surface area contributed by atoms with E-state index in [-0.39, 0.29) is 0 Å². The number of piperazine rings is 1. The van der Waals surface area contributed by atoms with E-state index in [1.54, 1.807) is 5.57 Å². The van der Waals surface area contributed by atoms with Gasteiger partial charge < -0.3 is 0 Å². The molecule has 0 aromatic heterocycles. The SMILES string of the molecule is C=C1C2CCC1CC(N1CCN(Cc3ccccc3)CC1)C2. The number of allylic oxidation sites excluding steroid dienone is 1. The van der Waals surface area contributed by atoms with Gasteiger partial charge in [0.2, 0.25) is 0 Å². The molecule has 2 aliphatic carbocycles. The highest BCUT2D eigenvalue weighted by atomic mass is 15.3. The van der Waals surface area contributed by atoms with E-state index in [9.17, 15) is 0 Å². The van der Waals surface area contributed by atoms with Gasteiger partial charge in [-0.15, -0.1) is 0 Å². The number of hydrogen-bond acceptors (Lipinski definition) is 2. The van der Waals surface area contributed by atoms with Crippen molar-refractivity contribution in [3.8, 4) is 0 Å². The Hall–Kier alpha value is -1.12. The van der Waals surface area contributed by atoms with Crippen molar-refractivity contribution in [1.29, 1.82) is 0 Å². The van der Waals surface area contributed by atoms with Crippen molar-refractivity contribution in [2.75, 3.05) is 26.2 Å². The average molecular weight is 296 g/mol. The molecule has 2 heteroatoms. The maximum absolute atomic E-state index is 4.35. The van der Waals surface area contributed by atoms with Crippen molar-refractivity contribution in [2.24, 2.45) is 11.8 Å². The van der Waals surface area contributed by atoms with Crippen LogP contribution in [0.5, 0.6) is 0 Å². The highest BCUT2D eigenvalue weighted by molar-refractivity contribution is 5.17. The predicted octanol–water partition coefficient (Wildman–Crippen LogP) is 3.55. The Labute approximate surface area is 134 Å². The van der Waals surface area contributed by atoms with E-state index in [1.807, 2.05) is 0 Å². The van der Waals surface area contributed by atoms with Crippen molar-refractivity contribution in [1.82, 2.24) is 9.80 Å². The largest absolute Gasteiger partial charge is 0.298 e. The van der Waals surface area contributed by atoms with Gasteiger partial charge in [-0.1, -0.05) is 42.5 Å². The smallest absolute Gasteiger partial charge is 0.0234 e. The molecule has 0 spiro atoms. The van der Waals surface area contributed by atoms with Gasteiger partial charge in [-0.05, 0) is 43.1 Å². The van der Waals surface area contributed by atoms with Crippen LogP contribution in [0.25, 0.3) is 0 Å². The quantitative estimate of drug-likeness (QED) is 0.787. The van der Waals surface area contributed by atoms with E-state index < -0.39 is 0 Å². The van der Waals surface area contributed by atoms with E-state index >= 15 is 0 Å². The molecule has 0 radical (unpaired) electrons. The second kappa shape index (κ2) is 6.17. The molecular weight excluding hydrogens is 268 g/mol. The van der Waals surface area contributed by atoms with Gasteiger partial charge in [0.25, 0.3) is 0 Å². The zero-order chi connectivity index (χ0) is 14.9. The Bertz CT molecular complexity index is 500. The van der Waals surface area contributed by atoms with Crippen LogP contribution in [0.2, 0.25) is 0 Å². The lowest BCUT2D eigenvalue weighted by atomic mass is 9.81. The van der Waals surface area contributed by atoms with E-state index in [4.69, 9.17) is 0 Å². The first-order chi connectivity index (χ1) is 10.8. The highest BCUT2D eigenvalue weighted by Crippen LogP contribution is 2.46. The van der Waals surface area contributed by atoms with E-state index in [0.29, 0.717) is 0 Å². The van der Waals surface area contributed by atoms with Crippen molar-refractivity contribution in [3.63, 3.8) is 0 Å². The molecule has 2 bridgehead atoms. The van der Waals surface area contributed by atoms with Crippen LogP contribution in [0.4, 0.5) is 0 Å². The maximum atomic E-state index is 4.35. The summed E-state index contributed by atoms with van der Waals surface area (Å²) in [6.45, 7) is 10.4. The van der Waals surface area contributed by atoms with E-state index in [2.05, 4.69) is 46.7 Å². The van der Waals surface area contributed by atoms with Crippen LogP contribution in [0.15, 0.2) is 42.5 Å². The second-order valence-corrected chi connectivity index (χ2v) is 7.47. The second-order valence-electron chi connectivity index (χ2n) is 7.47. The zero-order valence-corrected chi connectivity index (χ0v) is 13.6. The van der Waals surface area contributed by atoms with E-state index in [1.165, 1.54) is 57.4 Å². The summed E-state index contributed by atoms with van der Waals surface area (Å²) in [7, 11) is 0. The lowest BCUT2D eigenvalue weighted by molar-refractivity contribution is 0.0710. The Kier molecular flexibility index (Phi) is 4.06. The summed E-state index contributed by atoms with van der Waals surface area (Å²) in [5.41, 5.74) is 3.03. The molecule has 2 saturated carbocycles. The topological polar surface area (TPSA) is 6.48 Å². The summed E-state index contributed by atoms with van der Waals surface area (Å²) in [6.07, 6.45) is 5.59. The van der Waals surface area contributed by atoms with Crippen LogP contribution in [-0.4, -0.2) is 42.0 Å². The fourth-order valence-electron chi connectivity index (χ4n) is 4.82. The third-order valence-corrected chi connectivity index (χ3v) is 6.20. The van der Waals surface area contributed by atoms with Gasteiger partial charge in [-0.3, -0.25) is 9.80 Å². The number of nitrogens with zero attached hydrogens (tertiary/aromatic N) is 2. The fraction of sp³-hybridized carbons (Fsp3) is 0.600. The first-order valence-corrected chi connectivity index (χ1v) is 8.98. The van der Waals surface area contributed by atoms with Crippen molar-refractivity contribution < 1.29 is 0 Å². The van der Waals surface area contributed by atoms with Gasteiger partial charge in [0.05, 0.1) is 0 Å². The molecule has 118 valence electrons. The fourth-order valence-corrected chi connectivity index (χ4v) is 4.82. The Morgan fingerprint density at radius 1 is 0.909 bits per heavy atom. The molecule has 2 nitrogen and oxygen atoms in total. The van der Waals surface area contributed by atoms with Crippen LogP contribution >= 0.6 is 0 Å². The number of hydrogen-bond donors (Lipinski definition) is 0. The van der Waals surface area contributed by atoms with Crippen LogP contribution in [0.1, 0.15) is 31.2 Å². The monoisotopic (exact) mass is 296 g/mol. The normalized spacial score (nSPS) is 33.3. The first kappa shape index (κ1) is 14.5. The Balaban J connectivity index is 1.30. The molecule has 2 atom stereocenters. The molecule has 1 heterocycles. The molecule has 4 rings (SSSR count). The lowest BCUT2D eigenvalue weighted by Crippen LogP contribution is -2.51. The van der Waals surface area contributed by atoms with Gasteiger partial charge in [-0.25, -0.2) is 0 Å². The predicted molar refractivity (Wildman–Crippen MR) is 91.7 cm³/mol. The molecule has 1 aromatic carbocycles. The van der Waals surface area contributed by atoms with E-state index in [0.717, 1.165) is 24.4 Å². The molecule has 3 aliphatic rings. The Morgan fingerprint density at radius 2 is 1.55 bits per heavy atom. The van der Waals surface area contributed by atoms with Crippen molar-refractivity contribution in [3.05, 3.63) is 48.0 Å². The van der Waals surface area contributed by atoms with Crippen molar-refractivity contribution >= 4 is 0 Å². The number of rotatable bonds is 3. The minimum atomic E-state index is 0.835. The number of benzene rings is 1. The average Bonchev–Trinajstić information content (AvgIpc) is 2.77. The lowest BCUT2D eigenvalue weighted by Gasteiger charge is -2.43. The Morgan fingerprint density at radius 3 is 2.18 bits per heavy atom. The molecule has 1 aromatic rings. The molecule has 1 saturated heterocycles. The molecule has 3 fully saturated rings. The molecular formula is C20H28N2. The number of fused-ring (bicyclic) bond motifs is 2. The minimum Gasteiger partial charge on any atom is -0.298 e. The van der Waals surface area contributed by atoms with Gasteiger partial charge in [0.1, 0.15) is 0 Å². The van der Waals surface area contributed by atoms with Gasteiger partial charge in [-0.2, -0.15) is 0 Å². The summed E-state index contributed by atoms with van der Waals surface area (Å²) >= 11 is 0. The summed E-state index contributed by atoms with van der Waals surface area (Å²) in [6, 6.07) is 11.7. The molecule has 1 aliphatic heterocycles. The summed E-state index contributed by atoms with van der Waals surface area (Å²) in [5.74, 6) is 1.68. The summed E-state index contributed by atoms with van der Waals surface area (Å²) in [5, 5.41) is 0. The molecule has 0 amide bonds. The van der Waals surface area contributed by atoms with Crippen LogP contribution in [0, 0.1) is 11.8 Å². The van der Waals surface area contributed by atoms with Gasteiger partial charge in [0.15, 0.2) is 0 Å². The summed E-state index contributed by atoms with van der Waals surface area (Å²) in [4.78, 5) is 5.39. The van der Waals surface area contributed by atoms with Crippen LogP contribution in [0.3, 0.4) is 0 Å². The molecule has 22 heavy (non-hydrogen) atoms. The van der Waals surface area contributed by atoms with Gasteiger partial charge >= 0.3 is 0 Å². The molecule has 2 unspecified atom stereocenters. The van der Waals surface area contributed by atoms with Crippen LogP contribution < -0.4 is 0 Å². The third kappa shape index (κ3) is 2.87. The zero-order valence-electron chi connectivity index (χ0n) is 13.6. The first-order valence-electron chi connectivity index (χ1n) is 8.98. The van der Waals surface area contributed by atoms with Crippen molar-refractivity contribution in [2.45, 2.75) is 38.3 Å². The summed E-state index contributed by atoms with van der Waals surface area (Å²) < 4.78 is 0.